The first-order chi connectivity index (χ1) is 5.68. The minimum atomic E-state index is -0.904. The van der Waals surface area contributed by atoms with Crippen LogP contribution in [0.25, 0.3) is 0 Å². The molecule has 0 spiro atoms. The van der Waals surface area contributed by atoms with Crippen molar-refractivity contribution in [1.82, 2.24) is 5.43 Å². The third-order valence-electron chi connectivity index (χ3n) is 2.61. The lowest BCUT2D eigenvalue weighted by Crippen LogP contribution is -2.62. The van der Waals surface area contributed by atoms with E-state index in [1.165, 1.54) is 6.42 Å². The number of nitrogens with zero attached hydrogens (tertiary/aromatic N) is 1. The molecule has 0 radical (unpaired) electrons. The molecule has 0 aromatic heterocycles. The summed E-state index contributed by atoms with van der Waals surface area (Å²) in [5, 5.41) is 8.64. The summed E-state index contributed by atoms with van der Waals surface area (Å²) in [4.78, 5) is 10.5. The standard InChI is InChI=1S/C8H16N2O2/c1-2-10(9-8(11)12)6-4-3-5-7-10/h9H,2-7H2,1H3/p+1. The van der Waals surface area contributed by atoms with Crippen LogP contribution in [-0.2, 0) is 0 Å². The van der Waals surface area contributed by atoms with Crippen molar-refractivity contribution in [2.75, 3.05) is 19.6 Å². The number of quaternary nitrogens is 1. The van der Waals surface area contributed by atoms with Crippen LogP contribution < -0.4 is 5.43 Å². The molecule has 1 fully saturated rings. The minimum absolute atomic E-state index is 0.551. The molecule has 0 aliphatic carbocycles. The molecule has 0 atom stereocenters. The zero-order chi connectivity index (χ0) is 9.03. The summed E-state index contributed by atoms with van der Waals surface area (Å²) < 4.78 is 0.551. The first kappa shape index (κ1) is 9.32. The summed E-state index contributed by atoms with van der Waals surface area (Å²) in [7, 11) is 0. The normalized spacial score (nSPS) is 21.8. The smallest absolute Gasteiger partial charge is 0.449 e. The van der Waals surface area contributed by atoms with Gasteiger partial charge in [0.2, 0.25) is 0 Å². The summed E-state index contributed by atoms with van der Waals surface area (Å²) >= 11 is 0. The monoisotopic (exact) mass is 173 g/mol. The quantitative estimate of drug-likeness (QED) is 0.616. The van der Waals surface area contributed by atoms with Gasteiger partial charge in [0.25, 0.3) is 0 Å². The van der Waals surface area contributed by atoms with Crippen LogP contribution in [-0.4, -0.2) is 35.4 Å². The number of nitrogens with one attached hydrogen (secondary N) is 1. The molecule has 1 aliphatic rings. The fourth-order valence-corrected chi connectivity index (χ4v) is 1.83. The van der Waals surface area contributed by atoms with Crippen LogP contribution in [0, 0.1) is 0 Å². The van der Waals surface area contributed by atoms with Gasteiger partial charge in [-0.1, -0.05) is 0 Å². The van der Waals surface area contributed by atoms with E-state index in [1.807, 2.05) is 6.92 Å². The number of likely N-dealkylation sites (tertiary alicyclic amines) is 1. The summed E-state index contributed by atoms with van der Waals surface area (Å²) in [6.45, 7) is 4.78. The molecule has 1 saturated heterocycles. The van der Waals surface area contributed by atoms with Crippen LogP contribution in [0.5, 0.6) is 0 Å². The maximum atomic E-state index is 10.5. The maximum absolute atomic E-state index is 10.5. The number of hydrogen-bond acceptors (Lipinski definition) is 1. The van der Waals surface area contributed by atoms with Crippen molar-refractivity contribution in [3.8, 4) is 0 Å². The summed E-state index contributed by atoms with van der Waals surface area (Å²) in [6, 6.07) is 0. The molecule has 0 bridgehead atoms. The Bertz CT molecular complexity index is 164. The molecular formula is C8H17N2O2+. The van der Waals surface area contributed by atoms with E-state index in [4.69, 9.17) is 5.11 Å². The van der Waals surface area contributed by atoms with Gasteiger partial charge < -0.3 is 5.11 Å². The Morgan fingerprint density at radius 2 is 2.00 bits per heavy atom. The zero-order valence-electron chi connectivity index (χ0n) is 7.55. The molecule has 2 N–H and O–H groups in total. The topological polar surface area (TPSA) is 49.3 Å². The number of hydrogen-bond donors (Lipinski definition) is 2. The molecule has 4 heteroatoms. The third-order valence-corrected chi connectivity index (χ3v) is 2.61. The molecule has 70 valence electrons. The van der Waals surface area contributed by atoms with Gasteiger partial charge in [-0.2, -0.15) is 5.43 Å². The fourth-order valence-electron chi connectivity index (χ4n) is 1.83. The van der Waals surface area contributed by atoms with Crippen LogP contribution in [0.2, 0.25) is 0 Å². The van der Waals surface area contributed by atoms with Crippen LogP contribution in [0.1, 0.15) is 26.2 Å². The first-order valence-electron chi connectivity index (χ1n) is 4.56. The Labute approximate surface area is 72.7 Å². The highest BCUT2D eigenvalue weighted by Gasteiger charge is 2.30. The molecule has 0 aromatic rings. The van der Waals surface area contributed by atoms with Crippen molar-refractivity contribution in [1.29, 1.82) is 0 Å². The van der Waals surface area contributed by atoms with Crippen LogP contribution in [0.3, 0.4) is 0 Å². The van der Waals surface area contributed by atoms with E-state index < -0.39 is 6.09 Å². The number of rotatable bonds is 2. The lowest BCUT2D eigenvalue weighted by Gasteiger charge is -2.38. The largest absolute Gasteiger partial charge is 0.462 e. The number of piperidine rings is 1. The van der Waals surface area contributed by atoms with Gasteiger partial charge in [-0.3, -0.25) is 0 Å². The van der Waals surface area contributed by atoms with Crippen molar-refractivity contribution in [2.24, 2.45) is 0 Å². The Morgan fingerprint density at radius 3 is 2.42 bits per heavy atom. The van der Waals surface area contributed by atoms with Crippen LogP contribution in [0.4, 0.5) is 4.79 Å². The molecule has 0 saturated carbocycles. The van der Waals surface area contributed by atoms with Gasteiger partial charge in [-0.15, -0.1) is 0 Å². The molecule has 12 heavy (non-hydrogen) atoms. The Morgan fingerprint density at radius 1 is 1.42 bits per heavy atom. The summed E-state index contributed by atoms with van der Waals surface area (Å²) in [5.41, 5.74) is 2.60. The van der Waals surface area contributed by atoms with Crippen molar-refractivity contribution < 1.29 is 14.5 Å². The Hall–Kier alpha value is -0.770. The minimum Gasteiger partial charge on any atom is -0.462 e. The first-order valence-corrected chi connectivity index (χ1v) is 4.56. The second kappa shape index (κ2) is 3.76. The van der Waals surface area contributed by atoms with E-state index >= 15 is 0 Å². The van der Waals surface area contributed by atoms with E-state index in [1.54, 1.807) is 0 Å². The van der Waals surface area contributed by atoms with Gasteiger partial charge in [0, 0.05) is 0 Å². The number of carbonyl (C=O) groups is 1. The van der Waals surface area contributed by atoms with Crippen LogP contribution >= 0.6 is 0 Å². The predicted molar refractivity (Wildman–Crippen MR) is 45.5 cm³/mol. The number of amides is 1. The Balaban J connectivity index is 2.53. The molecule has 0 aromatic carbocycles. The van der Waals surface area contributed by atoms with Gasteiger partial charge in [0.05, 0.1) is 6.54 Å². The highest BCUT2D eigenvalue weighted by atomic mass is 16.4. The Kier molecular flexibility index (Phi) is 2.92. The van der Waals surface area contributed by atoms with Gasteiger partial charge in [-0.25, -0.2) is 9.39 Å². The van der Waals surface area contributed by atoms with E-state index in [0.717, 1.165) is 32.5 Å². The maximum Gasteiger partial charge on any atom is 0.449 e. The highest BCUT2D eigenvalue weighted by molar-refractivity contribution is 5.62. The lowest BCUT2D eigenvalue weighted by atomic mass is 10.1. The molecule has 1 aliphatic heterocycles. The van der Waals surface area contributed by atoms with Gasteiger partial charge in [0.15, 0.2) is 0 Å². The molecular weight excluding hydrogens is 156 g/mol. The van der Waals surface area contributed by atoms with Crippen molar-refractivity contribution in [3.05, 3.63) is 0 Å². The second-order valence-electron chi connectivity index (χ2n) is 3.39. The summed E-state index contributed by atoms with van der Waals surface area (Å²) in [6.07, 6.45) is 2.60. The third kappa shape index (κ3) is 2.11. The predicted octanol–water partition coefficient (Wildman–Crippen LogP) is 1.19. The highest BCUT2D eigenvalue weighted by Crippen LogP contribution is 2.15. The van der Waals surface area contributed by atoms with E-state index in [9.17, 15) is 4.79 Å². The molecule has 0 unspecified atom stereocenters. The SMILES string of the molecule is CC[N+]1(NC(=O)O)CCCCC1. The van der Waals surface area contributed by atoms with Crippen molar-refractivity contribution in [2.45, 2.75) is 26.2 Å². The molecule has 1 heterocycles. The lowest BCUT2D eigenvalue weighted by molar-refractivity contribution is -0.964. The van der Waals surface area contributed by atoms with Gasteiger partial charge in [0.1, 0.15) is 13.1 Å². The average Bonchev–Trinajstić information content (AvgIpc) is 2.05. The van der Waals surface area contributed by atoms with E-state index in [-0.39, 0.29) is 0 Å². The second-order valence-corrected chi connectivity index (χ2v) is 3.39. The van der Waals surface area contributed by atoms with Crippen molar-refractivity contribution >= 4 is 6.09 Å². The average molecular weight is 173 g/mol. The van der Waals surface area contributed by atoms with Crippen LogP contribution in [0.15, 0.2) is 0 Å². The molecule has 1 rings (SSSR count). The van der Waals surface area contributed by atoms with Crippen molar-refractivity contribution in [3.63, 3.8) is 0 Å². The van der Waals surface area contributed by atoms with Gasteiger partial charge in [-0.05, 0) is 26.2 Å². The molecule has 1 amide bonds. The molecule has 4 nitrogen and oxygen atoms in total. The summed E-state index contributed by atoms with van der Waals surface area (Å²) in [5.74, 6) is 0. The number of carboxylic acid groups (broad SMARTS) is 1. The van der Waals surface area contributed by atoms with E-state index in [2.05, 4.69) is 5.43 Å². The van der Waals surface area contributed by atoms with Gasteiger partial charge >= 0.3 is 6.09 Å². The fraction of sp³-hybridized carbons (Fsp3) is 0.875. The van der Waals surface area contributed by atoms with E-state index in [0.29, 0.717) is 4.59 Å². The zero-order valence-corrected chi connectivity index (χ0v) is 7.55.